The first-order valence-electron chi connectivity index (χ1n) is 9.39. The summed E-state index contributed by atoms with van der Waals surface area (Å²) in [5, 5.41) is 0. The van der Waals surface area contributed by atoms with Gasteiger partial charge in [0.1, 0.15) is 0 Å². The summed E-state index contributed by atoms with van der Waals surface area (Å²) in [5.74, 6) is 0.565. The van der Waals surface area contributed by atoms with E-state index in [0.29, 0.717) is 36.9 Å². The molecule has 26 heavy (non-hydrogen) atoms. The minimum atomic E-state index is -3.46. The zero-order valence-electron chi connectivity index (χ0n) is 15.2. The number of nitrogens with zero attached hydrogens (tertiary/aromatic N) is 2. The van der Waals surface area contributed by atoms with Crippen LogP contribution in [-0.4, -0.2) is 61.9 Å². The molecule has 0 bridgehead atoms. The van der Waals surface area contributed by atoms with Gasteiger partial charge in [0.2, 0.25) is 15.9 Å². The lowest BCUT2D eigenvalue weighted by molar-refractivity contribution is -0.128. The van der Waals surface area contributed by atoms with Crippen molar-refractivity contribution in [3.05, 3.63) is 29.8 Å². The van der Waals surface area contributed by atoms with Crippen LogP contribution in [-0.2, 0) is 19.6 Å². The van der Waals surface area contributed by atoms with Gasteiger partial charge in [-0.3, -0.25) is 4.79 Å². The molecule has 3 aliphatic heterocycles. The first kappa shape index (κ1) is 17.9. The van der Waals surface area contributed by atoms with Crippen molar-refractivity contribution in [3.8, 4) is 0 Å². The van der Waals surface area contributed by atoms with Crippen molar-refractivity contribution in [1.82, 2.24) is 9.21 Å². The molecule has 0 aromatic heterocycles. The smallest absolute Gasteiger partial charge is 0.243 e. The second-order valence-electron chi connectivity index (χ2n) is 7.76. The number of hydrogen-bond acceptors (Lipinski definition) is 4. The molecule has 1 amide bonds. The highest BCUT2D eigenvalue weighted by Crippen LogP contribution is 2.43. The molecule has 3 saturated heterocycles. The van der Waals surface area contributed by atoms with E-state index in [1.807, 2.05) is 24.0 Å². The predicted molar refractivity (Wildman–Crippen MR) is 97.2 cm³/mol. The Balaban J connectivity index is 1.40. The van der Waals surface area contributed by atoms with Crippen molar-refractivity contribution in [1.29, 1.82) is 0 Å². The van der Waals surface area contributed by atoms with Crippen molar-refractivity contribution >= 4 is 15.9 Å². The highest BCUT2D eigenvalue weighted by Gasteiger charge is 2.56. The molecule has 0 aliphatic carbocycles. The van der Waals surface area contributed by atoms with E-state index in [9.17, 15) is 13.2 Å². The van der Waals surface area contributed by atoms with E-state index in [4.69, 9.17) is 4.74 Å². The average Bonchev–Trinajstić information content (AvgIpc) is 3.18. The quantitative estimate of drug-likeness (QED) is 0.783. The van der Waals surface area contributed by atoms with Crippen molar-refractivity contribution < 1.29 is 17.9 Å². The Morgan fingerprint density at radius 2 is 1.96 bits per heavy atom. The number of sulfonamides is 1. The third-order valence-electron chi connectivity index (χ3n) is 6.07. The van der Waals surface area contributed by atoms with Gasteiger partial charge in [-0.15, -0.1) is 0 Å². The van der Waals surface area contributed by atoms with Gasteiger partial charge in [0, 0.05) is 39.2 Å². The number of hydrogen-bond donors (Lipinski definition) is 0. The van der Waals surface area contributed by atoms with E-state index >= 15 is 0 Å². The molecule has 0 radical (unpaired) electrons. The van der Waals surface area contributed by atoms with E-state index in [-0.39, 0.29) is 11.5 Å². The summed E-state index contributed by atoms with van der Waals surface area (Å²) in [6.07, 6.45) is 3.45. The molecule has 1 spiro atoms. The maximum Gasteiger partial charge on any atom is 0.243 e. The molecule has 3 fully saturated rings. The van der Waals surface area contributed by atoms with Crippen LogP contribution >= 0.6 is 0 Å². The first-order valence-corrected chi connectivity index (χ1v) is 10.8. The highest BCUT2D eigenvalue weighted by molar-refractivity contribution is 7.89. The number of rotatable bonds is 5. The van der Waals surface area contributed by atoms with Crippen LogP contribution in [0.25, 0.3) is 0 Å². The summed E-state index contributed by atoms with van der Waals surface area (Å²) < 4.78 is 33.1. The summed E-state index contributed by atoms with van der Waals surface area (Å²) in [5.41, 5.74) is 0.681. The van der Waals surface area contributed by atoms with Gasteiger partial charge in [0.25, 0.3) is 0 Å². The molecule has 1 aromatic rings. The van der Waals surface area contributed by atoms with E-state index < -0.39 is 10.0 Å². The summed E-state index contributed by atoms with van der Waals surface area (Å²) in [7, 11) is -3.46. The monoisotopic (exact) mass is 378 g/mol. The molecule has 1 aromatic carbocycles. The maximum absolute atomic E-state index is 12.8. The lowest BCUT2D eigenvalue weighted by Gasteiger charge is -2.49. The van der Waals surface area contributed by atoms with Gasteiger partial charge in [-0.05, 0) is 44.2 Å². The van der Waals surface area contributed by atoms with E-state index in [2.05, 4.69) is 0 Å². The Labute approximate surface area is 155 Å². The standard InChI is InChI=1S/C19H26N2O4S/c1-15-4-6-17(7-5-15)26(23,24)21-13-19(14-21)16(9-12-25-19)8-11-20-10-2-3-18(20)22/h4-7,16H,2-3,8-14H2,1H3/t16-/m0/s1. The number of aryl methyl sites for hydroxylation is 1. The average molecular weight is 378 g/mol. The van der Waals surface area contributed by atoms with Gasteiger partial charge in [-0.1, -0.05) is 17.7 Å². The summed E-state index contributed by atoms with van der Waals surface area (Å²) in [4.78, 5) is 14.1. The van der Waals surface area contributed by atoms with Gasteiger partial charge in [0.15, 0.2) is 0 Å². The molecule has 7 heteroatoms. The zero-order chi connectivity index (χ0) is 18.4. The highest BCUT2D eigenvalue weighted by atomic mass is 32.2. The molecule has 4 rings (SSSR count). The molecule has 0 N–H and O–H groups in total. The minimum Gasteiger partial charge on any atom is -0.372 e. The van der Waals surface area contributed by atoms with Crippen LogP contribution in [0.1, 0.15) is 31.2 Å². The van der Waals surface area contributed by atoms with Crippen LogP contribution in [0, 0.1) is 12.8 Å². The second-order valence-corrected chi connectivity index (χ2v) is 9.70. The number of likely N-dealkylation sites (tertiary alicyclic amines) is 1. The Hall–Kier alpha value is -1.44. The van der Waals surface area contributed by atoms with Gasteiger partial charge in [0.05, 0.1) is 10.5 Å². The zero-order valence-corrected chi connectivity index (χ0v) is 16.0. The Morgan fingerprint density at radius 3 is 2.62 bits per heavy atom. The van der Waals surface area contributed by atoms with Crippen molar-refractivity contribution in [2.24, 2.45) is 5.92 Å². The molecule has 1 atom stereocenters. The minimum absolute atomic E-state index is 0.246. The Bertz CT molecular complexity index is 784. The van der Waals surface area contributed by atoms with Crippen molar-refractivity contribution in [2.75, 3.05) is 32.8 Å². The largest absolute Gasteiger partial charge is 0.372 e. The number of benzene rings is 1. The fourth-order valence-corrected chi connectivity index (χ4v) is 5.93. The van der Waals surface area contributed by atoms with Crippen LogP contribution in [0.4, 0.5) is 0 Å². The molecule has 142 valence electrons. The fraction of sp³-hybridized carbons (Fsp3) is 0.632. The van der Waals surface area contributed by atoms with Gasteiger partial charge >= 0.3 is 0 Å². The third-order valence-corrected chi connectivity index (χ3v) is 7.87. The molecule has 6 nitrogen and oxygen atoms in total. The number of carbonyl (C=O) groups is 1. The van der Waals surface area contributed by atoms with Gasteiger partial charge in [-0.25, -0.2) is 8.42 Å². The summed E-state index contributed by atoms with van der Waals surface area (Å²) >= 11 is 0. The molecule has 3 heterocycles. The Kier molecular flexibility index (Phi) is 4.57. The van der Waals surface area contributed by atoms with Crippen LogP contribution in [0.2, 0.25) is 0 Å². The maximum atomic E-state index is 12.8. The van der Waals surface area contributed by atoms with Gasteiger partial charge in [-0.2, -0.15) is 4.31 Å². The predicted octanol–water partition coefficient (Wildman–Crippen LogP) is 1.79. The second kappa shape index (κ2) is 6.62. The van der Waals surface area contributed by atoms with E-state index in [1.54, 1.807) is 12.1 Å². The molecule has 0 unspecified atom stereocenters. The van der Waals surface area contributed by atoms with Crippen molar-refractivity contribution in [2.45, 2.75) is 43.1 Å². The fourth-order valence-electron chi connectivity index (χ4n) is 4.37. The van der Waals surface area contributed by atoms with Crippen LogP contribution in [0.15, 0.2) is 29.2 Å². The van der Waals surface area contributed by atoms with Crippen molar-refractivity contribution in [3.63, 3.8) is 0 Å². The topological polar surface area (TPSA) is 66.9 Å². The SMILES string of the molecule is Cc1ccc(S(=O)(=O)N2CC3(C2)OCC[C@@H]3CCN2CCCC2=O)cc1. The Morgan fingerprint density at radius 1 is 1.23 bits per heavy atom. The molecular formula is C19H26N2O4S. The lowest BCUT2D eigenvalue weighted by Crippen LogP contribution is -2.66. The lowest BCUT2D eigenvalue weighted by atomic mass is 9.80. The third kappa shape index (κ3) is 3.06. The normalized spacial score (nSPS) is 25.8. The molecular weight excluding hydrogens is 352 g/mol. The van der Waals surface area contributed by atoms with Crippen LogP contribution in [0.3, 0.4) is 0 Å². The van der Waals surface area contributed by atoms with E-state index in [0.717, 1.165) is 37.9 Å². The van der Waals surface area contributed by atoms with Gasteiger partial charge < -0.3 is 9.64 Å². The first-order chi connectivity index (χ1) is 12.4. The summed E-state index contributed by atoms with van der Waals surface area (Å²) in [6.45, 7) is 5.07. The molecule has 3 aliphatic rings. The number of amides is 1. The number of ether oxygens (including phenoxy) is 1. The van der Waals surface area contributed by atoms with Crippen LogP contribution < -0.4 is 0 Å². The van der Waals surface area contributed by atoms with E-state index in [1.165, 1.54) is 4.31 Å². The number of carbonyl (C=O) groups excluding carboxylic acids is 1. The molecule has 0 saturated carbocycles. The summed E-state index contributed by atoms with van der Waals surface area (Å²) in [6, 6.07) is 6.98. The van der Waals surface area contributed by atoms with Crippen LogP contribution in [0.5, 0.6) is 0 Å².